The van der Waals surface area contributed by atoms with Crippen LogP contribution >= 0.6 is 0 Å². The van der Waals surface area contributed by atoms with Crippen LogP contribution in [0.25, 0.3) is 0 Å². The highest BCUT2D eigenvalue weighted by Crippen LogP contribution is 2.39. The maximum atomic E-state index is 12.3. The van der Waals surface area contributed by atoms with Crippen molar-refractivity contribution in [1.82, 2.24) is 0 Å². The predicted octanol–water partition coefficient (Wildman–Crippen LogP) is 5.46. The molecule has 0 bridgehead atoms. The quantitative estimate of drug-likeness (QED) is 0.443. The summed E-state index contributed by atoms with van der Waals surface area (Å²) < 4.78 is 37.0. The molecule has 120 valence electrons. The predicted molar refractivity (Wildman–Crippen MR) is 79.5 cm³/mol. The molecule has 0 amide bonds. The van der Waals surface area contributed by atoms with E-state index >= 15 is 0 Å². The average molecular weight is 293 g/mol. The summed E-state index contributed by atoms with van der Waals surface area (Å²) in [6, 6.07) is 0.0508. The van der Waals surface area contributed by atoms with E-state index in [9.17, 15) is 13.2 Å². The second-order valence-electron chi connectivity index (χ2n) is 6.29. The van der Waals surface area contributed by atoms with Crippen LogP contribution in [0, 0.1) is 11.3 Å². The third-order valence-electron chi connectivity index (χ3n) is 4.73. The number of hydrogen-bond donors (Lipinski definition) is 1. The summed E-state index contributed by atoms with van der Waals surface area (Å²) in [6.07, 6.45) is 0.153. The van der Waals surface area contributed by atoms with Crippen LogP contribution in [-0.4, -0.2) is 12.2 Å². The van der Waals surface area contributed by atoms with Gasteiger partial charge in [0, 0.05) is 11.6 Å². The Labute approximate surface area is 121 Å². The number of unbranched alkanes of at least 4 members (excludes halogenated alkanes) is 1. The van der Waals surface area contributed by atoms with Crippen LogP contribution in [0.2, 0.25) is 0 Å². The molecule has 0 aromatic heterocycles. The summed E-state index contributed by atoms with van der Waals surface area (Å²) in [4.78, 5) is 0. The Morgan fingerprint density at radius 3 is 2.15 bits per heavy atom. The van der Waals surface area contributed by atoms with Crippen LogP contribution in [0.3, 0.4) is 0 Å². The molecule has 0 fully saturated rings. The number of alkyl halides is 3. The molecule has 0 unspecified atom stereocenters. The zero-order chi connectivity index (χ0) is 16.0. The standard InChI is InChI=1S/C16H30F3N/c1-6-9-12(2)15(5,14(4)20)11-8-7-10-13(3)16(17,18)19/h12,14H,3,6-11,20H2,1-2,4-5H3/t12-,14-,15+/m0/s1. The van der Waals surface area contributed by atoms with Crippen molar-refractivity contribution < 1.29 is 13.2 Å². The Morgan fingerprint density at radius 1 is 1.20 bits per heavy atom. The van der Waals surface area contributed by atoms with Crippen molar-refractivity contribution in [2.45, 2.75) is 78.4 Å². The van der Waals surface area contributed by atoms with Gasteiger partial charge >= 0.3 is 6.18 Å². The minimum Gasteiger partial charge on any atom is -0.327 e. The second-order valence-corrected chi connectivity index (χ2v) is 6.29. The van der Waals surface area contributed by atoms with Gasteiger partial charge in [-0.1, -0.05) is 46.6 Å². The van der Waals surface area contributed by atoms with Gasteiger partial charge in [0.25, 0.3) is 0 Å². The fourth-order valence-corrected chi connectivity index (χ4v) is 2.67. The van der Waals surface area contributed by atoms with E-state index in [4.69, 9.17) is 5.73 Å². The topological polar surface area (TPSA) is 26.0 Å². The van der Waals surface area contributed by atoms with Gasteiger partial charge in [-0.3, -0.25) is 0 Å². The molecule has 0 rings (SSSR count). The molecule has 2 N–H and O–H groups in total. The lowest BCUT2D eigenvalue weighted by Gasteiger charge is -2.39. The summed E-state index contributed by atoms with van der Waals surface area (Å²) in [7, 11) is 0. The largest absolute Gasteiger partial charge is 0.412 e. The normalized spacial score (nSPS) is 18.4. The summed E-state index contributed by atoms with van der Waals surface area (Å²) in [6.45, 7) is 11.6. The first-order chi connectivity index (χ1) is 9.05. The van der Waals surface area contributed by atoms with Gasteiger partial charge in [-0.05, 0) is 37.5 Å². The Kier molecular flexibility index (Phi) is 7.85. The fourth-order valence-electron chi connectivity index (χ4n) is 2.67. The van der Waals surface area contributed by atoms with Crippen LogP contribution in [-0.2, 0) is 0 Å². The van der Waals surface area contributed by atoms with Gasteiger partial charge in [-0.15, -0.1) is 0 Å². The third kappa shape index (κ3) is 5.86. The Bertz CT molecular complexity index is 297. The molecule has 0 spiro atoms. The van der Waals surface area contributed by atoms with Gasteiger partial charge < -0.3 is 5.73 Å². The minimum atomic E-state index is -4.25. The zero-order valence-corrected chi connectivity index (χ0v) is 13.3. The molecule has 0 aliphatic carbocycles. The lowest BCUT2D eigenvalue weighted by atomic mass is 9.68. The lowest BCUT2D eigenvalue weighted by Crippen LogP contribution is -2.42. The monoisotopic (exact) mass is 293 g/mol. The highest BCUT2D eigenvalue weighted by Gasteiger charge is 2.34. The van der Waals surface area contributed by atoms with E-state index in [0.29, 0.717) is 12.3 Å². The van der Waals surface area contributed by atoms with Crippen LogP contribution in [0.15, 0.2) is 12.2 Å². The van der Waals surface area contributed by atoms with Gasteiger partial charge in [0.05, 0.1) is 0 Å². The van der Waals surface area contributed by atoms with Crippen molar-refractivity contribution in [2.24, 2.45) is 17.1 Å². The summed E-state index contributed by atoms with van der Waals surface area (Å²) >= 11 is 0. The van der Waals surface area contributed by atoms with E-state index in [-0.39, 0.29) is 17.9 Å². The molecule has 4 heteroatoms. The van der Waals surface area contributed by atoms with Gasteiger partial charge in [0.15, 0.2) is 0 Å². The molecule has 0 aliphatic rings. The van der Waals surface area contributed by atoms with Crippen LogP contribution in [0.1, 0.15) is 66.2 Å². The SMILES string of the molecule is C=C(CCCC[C@@](C)([C@H](C)N)[C@@H](C)CCC)C(F)(F)F. The molecule has 0 aromatic carbocycles. The van der Waals surface area contributed by atoms with Gasteiger partial charge in [0.1, 0.15) is 0 Å². The molecule has 0 aliphatic heterocycles. The smallest absolute Gasteiger partial charge is 0.327 e. The molecule has 0 heterocycles. The fraction of sp³-hybridized carbons (Fsp3) is 0.875. The Balaban J connectivity index is 4.34. The molecule has 20 heavy (non-hydrogen) atoms. The summed E-state index contributed by atoms with van der Waals surface area (Å²) in [5.74, 6) is 0.485. The summed E-state index contributed by atoms with van der Waals surface area (Å²) in [5.41, 5.74) is 5.49. The highest BCUT2D eigenvalue weighted by atomic mass is 19.4. The molecule has 0 saturated heterocycles. The highest BCUT2D eigenvalue weighted by molar-refractivity contribution is 5.02. The number of halogens is 3. The van der Waals surface area contributed by atoms with Crippen molar-refractivity contribution in [3.05, 3.63) is 12.2 Å². The van der Waals surface area contributed by atoms with Crippen LogP contribution in [0.4, 0.5) is 13.2 Å². The van der Waals surface area contributed by atoms with E-state index < -0.39 is 11.7 Å². The average Bonchev–Trinajstić information content (AvgIpc) is 2.32. The molecular weight excluding hydrogens is 263 g/mol. The van der Waals surface area contributed by atoms with Crippen molar-refractivity contribution in [3.63, 3.8) is 0 Å². The molecule has 0 radical (unpaired) electrons. The molecule has 0 aromatic rings. The maximum Gasteiger partial charge on any atom is 0.412 e. The third-order valence-corrected chi connectivity index (χ3v) is 4.73. The lowest BCUT2D eigenvalue weighted by molar-refractivity contribution is -0.0938. The Hall–Kier alpha value is -0.510. The molecule has 1 nitrogen and oxygen atoms in total. The van der Waals surface area contributed by atoms with E-state index in [0.717, 1.165) is 25.7 Å². The van der Waals surface area contributed by atoms with Crippen molar-refractivity contribution in [1.29, 1.82) is 0 Å². The summed E-state index contributed by atoms with van der Waals surface area (Å²) in [5, 5.41) is 0. The Morgan fingerprint density at radius 2 is 1.75 bits per heavy atom. The van der Waals surface area contributed by atoms with Crippen molar-refractivity contribution in [2.75, 3.05) is 0 Å². The molecule has 3 atom stereocenters. The number of allylic oxidation sites excluding steroid dienone is 1. The maximum absolute atomic E-state index is 12.3. The van der Waals surface area contributed by atoms with Crippen molar-refractivity contribution >= 4 is 0 Å². The van der Waals surface area contributed by atoms with Gasteiger partial charge in [-0.25, -0.2) is 0 Å². The first-order valence-corrected chi connectivity index (χ1v) is 7.56. The number of rotatable bonds is 9. The first kappa shape index (κ1) is 19.5. The second kappa shape index (κ2) is 8.06. The number of nitrogens with two attached hydrogens (primary N) is 1. The molecular formula is C16H30F3N. The molecule has 0 saturated carbocycles. The van der Waals surface area contributed by atoms with Crippen molar-refractivity contribution in [3.8, 4) is 0 Å². The van der Waals surface area contributed by atoms with Gasteiger partial charge in [0.2, 0.25) is 0 Å². The van der Waals surface area contributed by atoms with Crippen LogP contribution in [0.5, 0.6) is 0 Å². The minimum absolute atomic E-state index is 0.00439. The van der Waals surface area contributed by atoms with E-state index in [1.807, 2.05) is 6.92 Å². The zero-order valence-electron chi connectivity index (χ0n) is 13.3. The van der Waals surface area contributed by atoms with Gasteiger partial charge in [-0.2, -0.15) is 13.2 Å². The van der Waals surface area contributed by atoms with E-state index in [1.165, 1.54) is 0 Å². The van der Waals surface area contributed by atoms with E-state index in [2.05, 4.69) is 27.4 Å². The first-order valence-electron chi connectivity index (χ1n) is 7.56. The number of hydrogen-bond acceptors (Lipinski definition) is 1. The van der Waals surface area contributed by atoms with E-state index in [1.54, 1.807) is 0 Å². The van der Waals surface area contributed by atoms with Crippen LogP contribution < -0.4 is 5.73 Å².